The molecule has 22 heavy (non-hydrogen) atoms. The van der Waals surface area contributed by atoms with Crippen LogP contribution in [0.4, 0.5) is 5.82 Å². The molecule has 4 N–H and O–H groups in total. The molecule has 2 aromatic rings. The van der Waals surface area contributed by atoms with Gasteiger partial charge in [-0.1, -0.05) is 12.7 Å². The third-order valence-electron chi connectivity index (χ3n) is 4.28. The van der Waals surface area contributed by atoms with E-state index in [4.69, 9.17) is 13.6 Å². The maximum absolute atomic E-state index is 11.7. The lowest BCUT2D eigenvalue weighted by Gasteiger charge is -2.25. The number of nitrogens with one attached hydrogen (secondary N) is 1. The minimum Gasteiger partial charge on any atom is -0.480 e. The van der Waals surface area contributed by atoms with Crippen molar-refractivity contribution >= 4 is 30.8 Å². The Morgan fingerprint density at radius 1 is 1.55 bits per heavy atom. The Morgan fingerprint density at radius 3 is 3.09 bits per heavy atom. The number of nitrogens with zero attached hydrogens (tertiary/aromatic N) is 4. The first-order valence-electron chi connectivity index (χ1n) is 7.17. The predicted molar refractivity (Wildman–Crippen MR) is 81.7 cm³/mol. The number of hydrogen-bond donors (Lipinski definition) is 3. The average molecular weight is 300 g/mol. The summed E-state index contributed by atoms with van der Waals surface area (Å²) in [6.45, 7) is 0.719. The molecule has 0 aromatic carbocycles. The van der Waals surface area contributed by atoms with Crippen molar-refractivity contribution in [3.63, 3.8) is 0 Å². The van der Waals surface area contributed by atoms with Gasteiger partial charge in [0, 0.05) is 19.0 Å². The number of anilines is 1. The number of carbonyl (C=O) groups is 1. The predicted octanol–water partition coefficient (Wildman–Crippen LogP) is -0.0618. The number of imidazole rings is 1. The van der Waals surface area contributed by atoms with Gasteiger partial charge in [0.15, 0.2) is 11.5 Å². The van der Waals surface area contributed by atoms with Crippen LogP contribution in [0.3, 0.4) is 0 Å². The van der Waals surface area contributed by atoms with E-state index in [1.165, 1.54) is 12.7 Å². The second-order valence-electron chi connectivity index (χ2n) is 5.65. The third kappa shape index (κ3) is 2.31. The van der Waals surface area contributed by atoms with Crippen LogP contribution < -0.4 is 10.6 Å². The molecular formula is C13H17BN6O2. The van der Waals surface area contributed by atoms with Crippen LogP contribution in [0.15, 0.2) is 12.7 Å². The smallest absolute Gasteiger partial charge is 0.325 e. The van der Waals surface area contributed by atoms with E-state index in [2.05, 4.69) is 19.9 Å². The van der Waals surface area contributed by atoms with E-state index in [0.29, 0.717) is 36.3 Å². The van der Waals surface area contributed by atoms with Gasteiger partial charge in [0.1, 0.15) is 17.4 Å². The monoisotopic (exact) mass is 300 g/mol. The molecule has 3 heterocycles. The quantitative estimate of drug-likeness (QED) is 0.661. The van der Waals surface area contributed by atoms with Crippen molar-refractivity contribution in [1.29, 1.82) is 0 Å². The molecule has 0 amide bonds. The van der Waals surface area contributed by atoms with Crippen LogP contribution >= 0.6 is 0 Å². The Kier molecular flexibility index (Phi) is 3.73. The summed E-state index contributed by atoms with van der Waals surface area (Å²) in [6.07, 6.45) is 4.90. The lowest BCUT2D eigenvalue weighted by Crippen LogP contribution is -2.54. The summed E-state index contributed by atoms with van der Waals surface area (Å²) < 4.78 is 0. The van der Waals surface area contributed by atoms with E-state index in [-0.39, 0.29) is 12.5 Å². The summed E-state index contributed by atoms with van der Waals surface area (Å²) >= 11 is 0. The number of carboxylic acid groups (broad SMARTS) is 1. The molecule has 2 atom stereocenters. The zero-order valence-corrected chi connectivity index (χ0v) is 12.1. The average Bonchev–Trinajstić information content (AvgIpc) is 3.10. The first-order valence-corrected chi connectivity index (χ1v) is 7.17. The molecule has 0 aliphatic carbocycles. The van der Waals surface area contributed by atoms with E-state index >= 15 is 0 Å². The number of carboxylic acids is 1. The number of nitrogens with two attached hydrogens (primary N) is 1. The van der Waals surface area contributed by atoms with Crippen molar-refractivity contribution in [1.82, 2.24) is 19.9 Å². The van der Waals surface area contributed by atoms with Crippen molar-refractivity contribution in [3.8, 4) is 0 Å². The fourth-order valence-electron chi connectivity index (χ4n) is 3.05. The SMILES string of the molecule is [B]CCC[C@H]1CN(c2ncnc3nc[nH]c23)C[C@@]1(N)C(=O)O. The molecule has 1 aliphatic heterocycles. The normalized spacial score (nSPS) is 25.0. The largest absolute Gasteiger partial charge is 0.480 e. The molecule has 1 saturated heterocycles. The Hall–Kier alpha value is -2.16. The van der Waals surface area contributed by atoms with Crippen LogP contribution in [-0.4, -0.2) is 57.5 Å². The molecule has 0 bridgehead atoms. The molecule has 3 rings (SSSR count). The van der Waals surface area contributed by atoms with Crippen LogP contribution in [0, 0.1) is 5.92 Å². The molecule has 0 unspecified atom stereocenters. The van der Waals surface area contributed by atoms with E-state index in [1.54, 1.807) is 0 Å². The van der Waals surface area contributed by atoms with Gasteiger partial charge in [0.25, 0.3) is 0 Å². The number of aliphatic carboxylic acids is 1. The summed E-state index contributed by atoms with van der Waals surface area (Å²) in [5.74, 6) is -0.540. The highest BCUT2D eigenvalue weighted by Gasteiger charge is 2.49. The van der Waals surface area contributed by atoms with Crippen molar-refractivity contribution in [2.75, 3.05) is 18.0 Å². The fraction of sp³-hybridized carbons (Fsp3) is 0.538. The number of aromatic nitrogens is 4. The van der Waals surface area contributed by atoms with Gasteiger partial charge >= 0.3 is 5.97 Å². The van der Waals surface area contributed by atoms with Gasteiger partial charge in [0.2, 0.25) is 0 Å². The highest BCUT2D eigenvalue weighted by molar-refractivity contribution is 6.08. The number of aromatic amines is 1. The summed E-state index contributed by atoms with van der Waals surface area (Å²) in [4.78, 5) is 29.0. The Labute approximate surface area is 128 Å². The zero-order valence-electron chi connectivity index (χ0n) is 12.1. The molecule has 9 heteroatoms. The zero-order chi connectivity index (χ0) is 15.7. The minimum absolute atomic E-state index is 0.179. The van der Waals surface area contributed by atoms with Gasteiger partial charge in [-0.3, -0.25) is 4.79 Å². The second-order valence-corrected chi connectivity index (χ2v) is 5.65. The minimum atomic E-state index is -1.30. The maximum atomic E-state index is 11.7. The summed E-state index contributed by atoms with van der Waals surface area (Å²) in [7, 11) is 5.54. The number of rotatable bonds is 5. The van der Waals surface area contributed by atoms with Crippen molar-refractivity contribution < 1.29 is 9.90 Å². The number of hydrogen-bond acceptors (Lipinski definition) is 6. The van der Waals surface area contributed by atoms with Crippen molar-refractivity contribution in [2.45, 2.75) is 24.7 Å². The molecule has 114 valence electrons. The van der Waals surface area contributed by atoms with E-state index < -0.39 is 11.5 Å². The third-order valence-corrected chi connectivity index (χ3v) is 4.28. The second kappa shape index (κ2) is 5.56. The Balaban J connectivity index is 1.93. The van der Waals surface area contributed by atoms with Crippen molar-refractivity contribution in [2.24, 2.45) is 11.7 Å². The van der Waals surface area contributed by atoms with Crippen LogP contribution in [0.1, 0.15) is 12.8 Å². The molecular weight excluding hydrogens is 283 g/mol. The molecule has 0 spiro atoms. The number of H-pyrrole nitrogens is 1. The Bertz CT molecular complexity index is 692. The molecule has 0 saturated carbocycles. The summed E-state index contributed by atoms with van der Waals surface area (Å²) in [5, 5.41) is 9.54. The van der Waals surface area contributed by atoms with Gasteiger partial charge in [-0.25, -0.2) is 15.0 Å². The first kappa shape index (κ1) is 14.8. The lowest BCUT2D eigenvalue weighted by atomic mass is 9.83. The molecule has 1 aliphatic rings. The molecule has 1 fully saturated rings. The number of fused-ring (bicyclic) bond motifs is 1. The fourth-order valence-corrected chi connectivity index (χ4v) is 3.05. The lowest BCUT2D eigenvalue weighted by molar-refractivity contribution is -0.144. The standard InChI is InChI=1S/C13H17BN6O2/c14-3-1-2-8-4-20(5-13(8,15)12(21)22)11-9-10(17-6-16-9)18-7-19-11/h6-8H,1-5,15H2,(H,21,22)(H,16,17,18,19)/t8-,13-/m0/s1. The van der Waals surface area contributed by atoms with Crippen LogP contribution in [-0.2, 0) is 4.79 Å². The first-order chi connectivity index (χ1) is 10.6. The van der Waals surface area contributed by atoms with E-state index in [9.17, 15) is 9.90 Å². The van der Waals surface area contributed by atoms with Gasteiger partial charge in [-0.15, -0.1) is 0 Å². The maximum Gasteiger partial charge on any atom is 0.325 e. The highest BCUT2D eigenvalue weighted by Crippen LogP contribution is 2.34. The molecule has 2 aromatic heterocycles. The van der Waals surface area contributed by atoms with E-state index in [0.717, 1.165) is 6.42 Å². The van der Waals surface area contributed by atoms with Gasteiger partial charge in [-0.2, -0.15) is 0 Å². The van der Waals surface area contributed by atoms with Crippen LogP contribution in [0.5, 0.6) is 0 Å². The van der Waals surface area contributed by atoms with Crippen LogP contribution in [0.2, 0.25) is 6.32 Å². The summed E-state index contributed by atoms with van der Waals surface area (Å²) in [5.41, 5.74) is 6.12. The topological polar surface area (TPSA) is 121 Å². The van der Waals surface area contributed by atoms with Crippen molar-refractivity contribution in [3.05, 3.63) is 12.7 Å². The molecule has 8 nitrogen and oxygen atoms in total. The van der Waals surface area contributed by atoms with Gasteiger partial charge in [0.05, 0.1) is 14.2 Å². The molecule has 2 radical (unpaired) electrons. The van der Waals surface area contributed by atoms with Crippen LogP contribution in [0.25, 0.3) is 11.2 Å². The van der Waals surface area contributed by atoms with Gasteiger partial charge < -0.3 is 20.7 Å². The van der Waals surface area contributed by atoms with Gasteiger partial charge in [-0.05, 0) is 6.42 Å². The highest BCUT2D eigenvalue weighted by atomic mass is 16.4. The van der Waals surface area contributed by atoms with E-state index in [1.807, 2.05) is 4.90 Å². The Morgan fingerprint density at radius 2 is 2.36 bits per heavy atom. The summed E-state index contributed by atoms with van der Waals surface area (Å²) in [6, 6.07) is 0.